The van der Waals surface area contributed by atoms with Crippen LogP contribution in [0.3, 0.4) is 0 Å². The fourth-order valence-electron chi connectivity index (χ4n) is 1.41. The second-order valence-corrected chi connectivity index (χ2v) is 4.15. The number of carbonyl (C=O) groups is 1. The summed E-state index contributed by atoms with van der Waals surface area (Å²) in [5.74, 6) is -1.03. The molecule has 2 aromatic rings. The number of aryl methyl sites for hydroxylation is 2. The molecule has 0 aliphatic rings. The van der Waals surface area contributed by atoms with Crippen LogP contribution in [0.1, 0.15) is 21.1 Å². The Kier molecular flexibility index (Phi) is 2.08. The number of thiazole rings is 1. The van der Waals surface area contributed by atoms with Crippen LogP contribution in [0.4, 0.5) is 0 Å². The number of fused-ring (bicyclic) bond motifs is 1. The van der Waals surface area contributed by atoms with Gasteiger partial charge in [0, 0.05) is 11.8 Å². The highest BCUT2D eigenvalue weighted by atomic mass is 32.1. The molecule has 0 unspecified atom stereocenters. The van der Waals surface area contributed by atoms with Gasteiger partial charge in [-0.15, -0.1) is 0 Å². The minimum absolute atomic E-state index is 0.158. The van der Waals surface area contributed by atoms with E-state index in [0.29, 0.717) is 16.3 Å². The average Bonchev–Trinajstić information content (AvgIpc) is 2.42. The van der Waals surface area contributed by atoms with Crippen molar-refractivity contribution in [2.75, 3.05) is 0 Å². The van der Waals surface area contributed by atoms with Gasteiger partial charge in [0.2, 0.25) is 0 Å². The molecule has 0 radical (unpaired) electrons. The molecule has 15 heavy (non-hydrogen) atoms. The standard InChI is InChI=1S/C9H8N2O3S/c1-4-3-6(12)11-5(2)7(8(13)14)15-9(11)10-4/h3H,1-2H3,(H,13,14). The number of hydrogen-bond donors (Lipinski definition) is 1. The summed E-state index contributed by atoms with van der Waals surface area (Å²) in [5.41, 5.74) is 0.789. The number of carboxylic acid groups (broad SMARTS) is 1. The summed E-state index contributed by atoms with van der Waals surface area (Å²) in [6, 6.07) is 1.39. The van der Waals surface area contributed by atoms with E-state index in [-0.39, 0.29) is 10.4 Å². The van der Waals surface area contributed by atoms with E-state index in [4.69, 9.17) is 5.11 Å². The fraction of sp³-hybridized carbons (Fsp3) is 0.222. The van der Waals surface area contributed by atoms with E-state index >= 15 is 0 Å². The molecule has 0 bridgehead atoms. The normalized spacial score (nSPS) is 10.8. The summed E-state index contributed by atoms with van der Waals surface area (Å²) in [6.07, 6.45) is 0. The second kappa shape index (κ2) is 3.16. The summed E-state index contributed by atoms with van der Waals surface area (Å²) < 4.78 is 1.32. The third kappa shape index (κ3) is 1.42. The first-order valence-electron chi connectivity index (χ1n) is 4.24. The van der Waals surface area contributed by atoms with Crippen molar-refractivity contribution >= 4 is 22.3 Å². The maximum atomic E-state index is 11.6. The van der Waals surface area contributed by atoms with E-state index in [2.05, 4.69) is 4.98 Å². The molecule has 6 heteroatoms. The van der Waals surface area contributed by atoms with Gasteiger partial charge in [-0.2, -0.15) is 0 Å². The van der Waals surface area contributed by atoms with Crippen molar-refractivity contribution in [3.8, 4) is 0 Å². The first-order chi connectivity index (χ1) is 7.00. The van der Waals surface area contributed by atoms with Crippen molar-refractivity contribution in [3.63, 3.8) is 0 Å². The van der Waals surface area contributed by atoms with Crippen LogP contribution in [0, 0.1) is 13.8 Å². The summed E-state index contributed by atoms with van der Waals surface area (Å²) >= 11 is 1.01. The molecule has 0 aliphatic carbocycles. The number of hydrogen-bond acceptors (Lipinski definition) is 4. The van der Waals surface area contributed by atoms with Crippen molar-refractivity contribution in [1.82, 2.24) is 9.38 Å². The first-order valence-corrected chi connectivity index (χ1v) is 5.05. The van der Waals surface area contributed by atoms with Gasteiger partial charge in [-0.25, -0.2) is 9.78 Å². The lowest BCUT2D eigenvalue weighted by Crippen LogP contribution is -2.14. The predicted octanol–water partition coefficient (Wildman–Crippen LogP) is 1.07. The van der Waals surface area contributed by atoms with Gasteiger partial charge in [0.25, 0.3) is 5.56 Å². The third-order valence-electron chi connectivity index (χ3n) is 2.07. The molecule has 2 aromatic heterocycles. The van der Waals surface area contributed by atoms with Crippen molar-refractivity contribution in [2.24, 2.45) is 0 Å². The molecule has 0 saturated heterocycles. The molecule has 2 heterocycles. The van der Waals surface area contributed by atoms with Crippen LogP contribution in [0.5, 0.6) is 0 Å². The molecule has 5 nitrogen and oxygen atoms in total. The molecule has 0 aromatic carbocycles. The molecule has 0 fully saturated rings. The minimum Gasteiger partial charge on any atom is -0.477 e. The zero-order valence-corrected chi connectivity index (χ0v) is 8.96. The van der Waals surface area contributed by atoms with Crippen LogP contribution in [-0.4, -0.2) is 20.5 Å². The summed E-state index contributed by atoms with van der Waals surface area (Å²) in [7, 11) is 0. The van der Waals surface area contributed by atoms with E-state index in [1.165, 1.54) is 10.5 Å². The molecule has 0 saturated carbocycles. The van der Waals surface area contributed by atoms with E-state index < -0.39 is 5.97 Å². The Hall–Kier alpha value is -1.69. The molecular weight excluding hydrogens is 216 g/mol. The maximum Gasteiger partial charge on any atom is 0.347 e. The lowest BCUT2D eigenvalue weighted by atomic mass is 10.4. The SMILES string of the molecule is Cc1cc(=O)n2c(C)c(C(=O)O)sc2n1. The van der Waals surface area contributed by atoms with Crippen molar-refractivity contribution in [2.45, 2.75) is 13.8 Å². The van der Waals surface area contributed by atoms with E-state index in [9.17, 15) is 9.59 Å². The summed E-state index contributed by atoms with van der Waals surface area (Å²) in [6.45, 7) is 3.31. The quantitative estimate of drug-likeness (QED) is 0.786. The van der Waals surface area contributed by atoms with Crippen LogP contribution in [-0.2, 0) is 0 Å². The smallest absolute Gasteiger partial charge is 0.347 e. The van der Waals surface area contributed by atoms with Gasteiger partial charge >= 0.3 is 5.97 Å². The van der Waals surface area contributed by atoms with Crippen LogP contribution >= 0.6 is 11.3 Å². The van der Waals surface area contributed by atoms with Gasteiger partial charge in [-0.3, -0.25) is 9.20 Å². The van der Waals surface area contributed by atoms with E-state index in [0.717, 1.165) is 11.3 Å². The Morgan fingerprint density at radius 1 is 1.53 bits per heavy atom. The van der Waals surface area contributed by atoms with Crippen LogP contribution < -0.4 is 5.56 Å². The third-order valence-corrected chi connectivity index (χ3v) is 3.20. The maximum absolute atomic E-state index is 11.6. The Bertz CT molecular complexity index is 612. The van der Waals surface area contributed by atoms with Gasteiger partial charge in [-0.05, 0) is 13.8 Å². The highest BCUT2D eigenvalue weighted by Gasteiger charge is 2.16. The molecule has 0 spiro atoms. The Morgan fingerprint density at radius 2 is 2.20 bits per heavy atom. The lowest BCUT2D eigenvalue weighted by Gasteiger charge is -1.95. The predicted molar refractivity (Wildman–Crippen MR) is 55.8 cm³/mol. The lowest BCUT2D eigenvalue weighted by molar-refractivity contribution is 0.0701. The van der Waals surface area contributed by atoms with Crippen LogP contribution in [0.2, 0.25) is 0 Å². The number of rotatable bonds is 1. The summed E-state index contributed by atoms with van der Waals surface area (Å²) in [5, 5.41) is 8.89. The number of carboxylic acids is 1. The molecule has 2 rings (SSSR count). The molecule has 1 N–H and O–H groups in total. The zero-order chi connectivity index (χ0) is 11.2. The van der Waals surface area contributed by atoms with E-state index in [1.54, 1.807) is 13.8 Å². The molecule has 0 amide bonds. The molecule has 0 aliphatic heterocycles. The molecular formula is C9H8N2O3S. The number of nitrogens with zero attached hydrogens (tertiary/aromatic N) is 2. The summed E-state index contributed by atoms with van der Waals surface area (Å²) in [4.78, 5) is 27.1. The van der Waals surface area contributed by atoms with Gasteiger partial charge in [0.05, 0.1) is 5.69 Å². The fourth-order valence-corrected chi connectivity index (χ4v) is 2.43. The van der Waals surface area contributed by atoms with Crippen LogP contribution in [0.25, 0.3) is 4.96 Å². The largest absolute Gasteiger partial charge is 0.477 e. The van der Waals surface area contributed by atoms with Crippen LogP contribution in [0.15, 0.2) is 10.9 Å². The molecule has 0 atom stereocenters. The highest BCUT2D eigenvalue weighted by Crippen LogP contribution is 2.19. The van der Waals surface area contributed by atoms with Crippen molar-refractivity contribution in [3.05, 3.63) is 32.7 Å². The van der Waals surface area contributed by atoms with Gasteiger partial charge in [0.15, 0.2) is 4.96 Å². The number of aromatic carboxylic acids is 1. The first kappa shape index (κ1) is 9.85. The molecule has 78 valence electrons. The van der Waals surface area contributed by atoms with Crippen molar-refractivity contribution in [1.29, 1.82) is 0 Å². The minimum atomic E-state index is -1.03. The van der Waals surface area contributed by atoms with E-state index in [1.807, 2.05) is 0 Å². The van der Waals surface area contributed by atoms with Gasteiger partial charge in [0.1, 0.15) is 4.88 Å². The zero-order valence-electron chi connectivity index (χ0n) is 8.14. The Labute approximate surface area is 88.6 Å². The van der Waals surface area contributed by atoms with Crippen molar-refractivity contribution < 1.29 is 9.90 Å². The number of aromatic nitrogens is 2. The Morgan fingerprint density at radius 3 is 2.80 bits per heavy atom. The average molecular weight is 224 g/mol. The Balaban J connectivity index is 2.94. The van der Waals surface area contributed by atoms with Gasteiger partial charge < -0.3 is 5.11 Å². The second-order valence-electron chi connectivity index (χ2n) is 3.18. The monoisotopic (exact) mass is 224 g/mol. The highest BCUT2D eigenvalue weighted by molar-refractivity contribution is 7.18. The van der Waals surface area contributed by atoms with Gasteiger partial charge in [-0.1, -0.05) is 11.3 Å². The topological polar surface area (TPSA) is 71.7 Å².